The van der Waals surface area contributed by atoms with Crippen LogP contribution in [0.15, 0.2) is 30.5 Å². The smallest absolute Gasteiger partial charge is 0.358 e. The summed E-state index contributed by atoms with van der Waals surface area (Å²) in [5.74, 6) is -0.646. The minimum absolute atomic E-state index is 0.216. The van der Waals surface area contributed by atoms with Crippen LogP contribution in [-0.4, -0.2) is 65.7 Å². The van der Waals surface area contributed by atoms with Gasteiger partial charge in [-0.3, -0.25) is 4.90 Å². The van der Waals surface area contributed by atoms with Crippen LogP contribution in [0.2, 0.25) is 0 Å². The molecular formula is C16H20FN5O2. The van der Waals surface area contributed by atoms with Crippen molar-refractivity contribution in [2.24, 2.45) is 0 Å². The number of benzene rings is 1. The average Bonchev–Trinajstić information content (AvgIpc) is 3.09. The van der Waals surface area contributed by atoms with Gasteiger partial charge in [0, 0.05) is 38.4 Å². The van der Waals surface area contributed by atoms with E-state index in [4.69, 9.17) is 4.74 Å². The Hall–Kier alpha value is -2.48. The molecule has 8 heteroatoms. The number of piperazine rings is 1. The molecule has 0 amide bonds. The van der Waals surface area contributed by atoms with E-state index in [9.17, 15) is 9.18 Å². The molecule has 1 fully saturated rings. The first kappa shape index (κ1) is 16.4. The Kier molecular flexibility index (Phi) is 5.05. The lowest BCUT2D eigenvalue weighted by Gasteiger charge is -2.36. The van der Waals surface area contributed by atoms with Crippen LogP contribution in [0.5, 0.6) is 0 Å². The molecule has 0 saturated carbocycles. The highest BCUT2D eigenvalue weighted by atomic mass is 19.1. The maximum absolute atomic E-state index is 13.0. The van der Waals surface area contributed by atoms with E-state index < -0.39 is 5.97 Å². The molecule has 0 radical (unpaired) electrons. The maximum Gasteiger partial charge on any atom is 0.358 e. The van der Waals surface area contributed by atoms with Crippen molar-refractivity contribution in [1.29, 1.82) is 0 Å². The van der Waals surface area contributed by atoms with Crippen molar-refractivity contribution in [2.75, 3.05) is 44.7 Å². The summed E-state index contributed by atoms with van der Waals surface area (Å²) in [5.41, 5.74) is 1.41. The Labute approximate surface area is 139 Å². The number of rotatable bonds is 5. The highest BCUT2D eigenvalue weighted by Gasteiger charge is 2.19. The van der Waals surface area contributed by atoms with Crippen molar-refractivity contribution in [3.05, 3.63) is 42.0 Å². The summed E-state index contributed by atoms with van der Waals surface area (Å²) >= 11 is 0. The summed E-state index contributed by atoms with van der Waals surface area (Å²) in [6.07, 6.45) is 1.41. The van der Waals surface area contributed by atoms with Crippen LogP contribution in [0.25, 0.3) is 0 Å². The van der Waals surface area contributed by atoms with Crippen LogP contribution in [0, 0.1) is 5.82 Å². The summed E-state index contributed by atoms with van der Waals surface area (Å²) in [7, 11) is 1.34. The number of carbonyl (C=O) groups excluding carboxylic acids is 1. The third-order valence-electron chi connectivity index (χ3n) is 4.20. The van der Waals surface area contributed by atoms with Crippen LogP contribution >= 0.6 is 0 Å². The lowest BCUT2D eigenvalue weighted by atomic mass is 10.2. The van der Waals surface area contributed by atoms with Gasteiger partial charge >= 0.3 is 5.97 Å². The molecular weight excluding hydrogens is 313 g/mol. The van der Waals surface area contributed by atoms with Crippen molar-refractivity contribution >= 4 is 11.7 Å². The normalized spacial score (nSPS) is 15.5. The van der Waals surface area contributed by atoms with Gasteiger partial charge in [-0.25, -0.2) is 13.9 Å². The Morgan fingerprint density at radius 3 is 2.54 bits per heavy atom. The van der Waals surface area contributed by atoms with E-state index in [0.717, 1.165) is 38.4 Å². The fourth-order valence-corrected chi connectivity index (χ4v) is 2.80. The lowest BCUT2D eigenvalue weighted by Crippen LogP contribution is -2.47. The number of methoxy groups -OCH3 is 1. The first-order valence-electron chi connectivity index (χ1n) is 7.87. The minimum atomic E-state index is -0.430. The molecule has 0 aliphatic carbocycles. The number of hydrogen-bond donors (Lipinski definition) is 0. The van der Waals surface area contributed by atoms with Crippen molar-refractivity contribution in [3.8, 4) is 0 Å². The number of anilines is 1. The highest BCUT2D eigenvalue weighted by molar-refractivity contribution is 5.86. The van der Waals surface area contributed by atoms with Gasteiger partial charge in [0.2, 0.25) is 0 Å². The second-order valence-electron chi connectivity index (χ2n) is 5.64. The van der Waals surface area contributed by atoms with Crippen molar-refractivity contribution in [1.82, 2.24) is 19.9 Å². The first-order chi connectivity index (χ1) is 11.7. The fraction of sp³-hybridized carbons (Fsp3) is 0.438. The quantitative estimate of drug-likeness (QED) is 0.762. The average molecular weight is 333 g/mol. The first-order valence-corrected chi connectivity index (χ1v) is 7.87. The third kappa shape index (κ3) is 3.70. The van der Waals surface area contributed by atoms with E-state index in [1.54, 1.807) is 4.68 Å². The predicted octanol–water partition coefficient (Wildman–Crippen LogP) is 1.03. The van der Waals surface area contributed by atoms with E-state index in [-0.39, 0.29) is 5.82 Å². The zero-order valence-electron chi connectivity index (χ0n) is 13.6. The Morgan fingerprint density at radius 1 is 1.17 bits per heavy atom. The number of carbonyl (C=O) groups is 1. The Morgan fingerprint density at radius 2 is 1.88 bits per heavy atom. The molecule has 2 aromatic rings. The highest BCUT2D eigenvalue weighted by Crippen LogP contribution is 2.16. The van der Waals surface area contributed by atoms with Gasteiger partial charge < -0.3 is 9.64 Å². The number of aromatic nitrogens is 3. The predicted molar refractivity (Wildman–Crippen MR) is 86.4 cm³/mol. The van der Waals surface area contributed by atoms with Crippen LogP contribution in [-0.2, 0) is 11.3 Å². The second kappa shape index (κ2) is 7.39. The molecule has 0 spiro atoms. The number of halogens is 1. The molecule has 3 rings (SSSR count). The molecule has 7 nitrogen and oxygen atoms in total. The molecule has 0 N–H and O–H groups in total. The molecule has 2 heterocycles. The fourth-order valence-electron chi connectivity index (χ4n) is 2.80. The molecule has 1 saturated heterocycles. The van der Waals surface area contributed by atoms with Crippen LogP contribution in [0.4, 0.5) is 10.1 Å². The monoisotopic (exact) mass is 333 g/mol. The molecule has 24 heavy (non-hydrogen) atoms. The Bertz CT molecular complexity index is 680. The second-order valence-corrected chi connectivity index (χ2v) is 5.64. The molecule has 0 unspecified atom stereocenters. The van der Waals surface area contributed by atoms with Crippen molar-refractivity contribution in [2.45, 2.75) is 6.54 Å². The largest absolute Gasteiger partial charge is 0.464 e. The van der Waals surface area contributed by atoms with E-state index in [1.807, 2.05) is 12.1 Å². The van der Waals surface area contributed by atoms with E-state index in [1.165, 1.54) is 25.4 Å². The van der Waals surface area contributed by atoms with Gasteiger partial charge in [0.25, 0.3) is 0 Å². The summed E-state index contributed by atoms with van der Waals surface area (Å²) in [6, 6.07) is 6.59. The molecule has 1 aliphatic rings. The van der Waals surface area contributed by atoms with Gasteiger partial charge in [0.1, 0.15) is 5.82 Å². The van der Waals surface area contributed by atoms with Crippen LogP contribution in [0.1, 0.15) is 10.5 Å². The van der Waals surface area contributed by atoms with E-state index in [0.29, 0.717) is 12.2 Å². The maximum atomic E-state index is 13.0. The zero-order chi connectivity index (χ0) is 16.9. The van der Waals surface area contributed by atoms with Crippen molar-refractivity contribution in [3.63, 3.8) is 0 Å². The minimum Gasteiger partial charge on any atom is -0.464 e. The van der Waals surface area contributed by atoms with Crippen LogP contribution in [0.3, 0.4) is 0 Å². The Balaban J connectivity index is 1.50. The summed E-state index contributed by atoms with van der Waals surface area (Å²) < 4.78 is 19.3. The standard InChI is InChI=1S/C16H20FN5O2/c1-24-16(23)15-12-18-19-22(15)11-8-20-6-9-21(10-7-20)14-4-2-13(17)3-5-14/h2-5,12H,6-11H2,1H3. The lowest BCUT2D eigenvalue weighted by molar-refractivity contribution is 0.0585. The van der Waals surface area contributed by atoms with Gasteiger partial charge in [-0.15, -0.1) is 5.10 Å². The third-order valence-corrected chi connectivity index (χ3v) is 4.20. The van der Waals surface area contributed by atoms with Gasteiger partial charge in [0.15, 0.2) is 5.69 Å². The van der Waals surface area contributed by atoms with Crippen LogP contribution < -0.4 is 4.90 Å². The van der Waals surface area contributed by atoms with Gasteiger partial charge in [-0.05, 0) is 24.3 Å². The van der Waals surface area contributed by atoms with Gasteiger partial charge in [-0.2, -0.15) is 0 Å². The zero-order valence-corrected chi connectivity index (χ0v) is 13.6. The summed E-state index contributed by atoms with van der Waals surface area (Å²) in [5, 5.41) is 7.70. The molecule has 1 aromatic heterocycles. The number of esters is 1. The SMILES string of the molecule is COC(=O)c1cnnn1CCN1CCN(c2ccc(F)cc2)CC1. The van der Waals surface area contributed by atoms with Crippen molar-refractivity contribution < 1.29 is 13.9 Å². The topological polar surface area (TPSA) is 63.5 Å². The number of hydrogen-bond acceptors (Lipinski definition) is 6. The number of nitrogens with zero attached hydrogens (tertiary/aromatic N) is 5. The van der Waals surface area contributed by atoms with E-state index in [2.05, 4.69) is 20.1 Å². The summed E-state index contributed by atoms with van der Waals surface area (Å²) in [4.78, 5) is 16.1. The van der Waals surface area contributed by atoms with E-state index >= 15 is 0 Å². The van der Waals surface area contributed by atoms with Gasteiger partial charge in [0.05, 0.1) is 19.9 Å². The van der Waals surface area contributed by atoms with Gasteiger partial charge in [-0.1, -0.05) is 5.21 Å². The summed E-state index contributed by atoms with van der Waals surface area (Å²) in [6.45, 7) is 4.94. The molecule has 0 atom stereocenters. The molecule has 0 bridgehead atoms. The molecule has 1 aliphatic heterocycles. The number of ether oxygens (including phenoxy) is 1. The molecule has 128 valence electrons. The molecule has 1 aromatic carbocycles.